The maximum absolute atomic E-state index is 8.86. The molecule has 0 bridgehead atoms. The van der Waals surface area contributed by atoms with Crippen LogP contribution in [-0.4, -0.2) is 45.1 Å². The lowest BCUT2D eigenvalue weighted by Crippen LogP contribution is -2.52. The van der Waals surface area contributed by atoms with E-state index in [0.717, 1.165) is 44.4 Å². The van der Waals surface area contributed by atoms with Crippen molar-refractivity contribution in [1.82, 2.24) is 19.4 Å². The Hall–Kier alpha value is -2.39. The second-order valence-corrected chi connectivity index (χ2v) is 5.91. The van der Waals surface area contributed by atoms with Crippen molar-refractivity contribution in [2.24, 2.45) is 0 Å². The van der Waals surface area contributed by atoms with E-state index in [1.807, 2.05) is 24.5 Å². The van der Waals surface area contributed by atoms with Gasteiger partial charge in [0.1, 0.15) is 17.7 Å². The number of hydrogen-bond donors (Lipinski definition) is 0. The average molecular weight is 310 g/mol. The SMILES string of the molecule is CCn1ccnc1CN1CCN(c2ccc(C#N)cn2)CC1C. The second kappa shape index (κ2) is 6.80. The van der Waals surface area contributed by atoms with Crippen LogP contribution in [0.25, 0.3) is 0 Å². The molecule has 0 radical (unpaired) electrons. The third-order valence-electron chi connectivity index (χ3n) is 4.45. The van der Waals surface area contributed by atoms with Gasteiger partial charge in [-0.3, -0.25) is 4.90 Å². The number of hydrogen-bond acceptors (Lipinski definition) is 5. The smallest absolute Gasteiger partial charge is 0.128 e. The van der Waals surface area contributed by atoms with Crippen molar-refractivity contribution in [3.05, 3.63) is 42.1 Å². The fourth-order valence-electron chi connectivity index (χ4n) is 3.04. The summed E-state index contributed by atoms with van der Waals surface area (Å²) in [7, 11) is 0. The molecule has 2 aromatic heterocycles. The molecule has 1 unspecified atom stereocenters. The first-order valence-electron chi connectivity index (χ1n) is 8.06. The Labute approximate surface area is 137 Å². The molecule has 23 heavy (non-hydrogen) atoms. The number of anilines is 1. The Balaban J connectivity index is 1.64. The minimum absolute atomic E-state index is 0.434. The summed E-state index contributed by atoms with van der Waals surface area (Å²) in [4.78, 5) is 13.6. The Morgan fingerprint density at radius 2 is 2.17 bits per heavy atom. The lowest BCUT2D eigenvalue weighted by molar-refractivity contribution is 0.174. The topological polar surface area (TPSA) is 61.0 Å². The van der Waals surface area contributed by atoms with Crippen LogP contribution in [0.4, 0.5) is 5.82 Å². The maximum atomic E-state index is 8.86. The number of rotatable bonds is 4. The minimum atomic E-state index is 0.434. The summed E-state index contributed by atoms with van der Waals surface area (Å²) in [5, 5.41) is 8.86. The Morgan fingerprint density at radius 3 is 2.83 bits per heavy atom. The van der Waals surface area contributed by atoms with Gasteiger partial charge in [-0.2, -0.15) is 5.26 Å². The standard InChI is InChI=1S/C17H22N6/c1-3-21-7-6-19-17(21)13-22-8-9-23(12-14(22)2)16-5-4-15(10-18)11-20-16/h4-7,11,14H,3,8-9,12-13H2,1-2H3. The highest BCUT2D eigenvalue weighted by molar-refractivity contribution is 5.42. The number of pyridine rings is 1. The Morgan fingerprint density at radius 1 is 1.30 bits per heavy atom. The molecule has 1 saturated heterocycles. The van der Waals surface area contributed by atoms with Gasteiger partial charge in [0.05, 0.1) is 12.1 Å². The summed E-state index contributed by atoms with van der Waals surface area (Å²) >= 11 is 0. The first-order chi connectivity index (χ1) is 11.2. The van der Waals surface area contributed by atoms with Gasteiger partial charge in [0, 0.05) is 50.8 Å². The number of imidazole rings is 1. The molecule has 1 aliphatic rings. The van der Waals surface area contributed by atoms with Crippen LogP contribution in [0, 0.1) is 11.3 Å². The molecule has 0 aromatic carbocycles. The number of aryl methyl sites for hydroxylation is 1. The van der Waals surface area contributed by atoms with Gasteiger partial charge in [-0.05, 0) is 26.0 Å². The van der Waals surface area contributed by atoms with E-state index in [4.69, 9.17) is 5.26 Å². The Kier molecular flexibility index (Phi) is 4.58. The third-order valence-corrected chi connectivity index (χ3v) is 4.45. The first kappa shape index (κ1) is 15.5. The van der Waals surface area contributed by atoms with Crippen molar-refractivity contribution in [2.45, 2.75) is 33.0 Å². The van der Waals surface area contributed by atoms with Gasteiger partial charge in [-0.25, -0.2) is 9.97 Å². The zero-order valence-corrected chi connectivity index (χ0v) is 13.7. The molecule has 6 heteroatoms. The summed E-state index contributed by atoms with van der Waals surface area (Å²) in [6.45, 7) is 9.09. The molecule has 0 saturated carbocycles. The summed E-state index contributed by atoms with van der Waals surface area (Å²) in [5.41, 5.74) is 0.604. The van der Waals surface area contributed by atoms with Gasteiger partial charge in [-0.15, -0.1) is 0 Å². The first-order valence-corrected chi connectivity index (χ1v) is 8.06. The summed E-state index contributed by atoms with van der Waals surface area (Å²) in [5.74, 6) is 2.08. The van der Waals surface area contributed by atoms with Gasteiger partial charge in [0.15, 0.2) is 0 Å². The molecule has 1 atom stereocenters. The molecular weight excluding hydrogens is 288 g/mol. The minimum Gasteiger partial charge on any atom is -0.354 e. The number of nitriles is 1. The van der Waals surface area contributed by atoms with Crippen LogP contribution >= 0.6 is 0 Å². The van der Waals surface area contributed by atoms with Crippen LogP contribution in [0.15, 0.2) is 30.7 Å². The zero-order chi connectivity index (χ0) is 16.2. The highest BCUT2D eigenvalue weighted by Crippen LogP contribution is 2.18. The van der Waals surface area contributed by atoms with Gasteiger partial charge in [0.25, 0.3) is 0 Å². The van der Waals surface area contributed by atoms with Crippen molar-refractivity contribution in [3.8, 4) is 6.07 Å². The largest absolute Gasteiger partial charge is 0.354 e. The summed E-state index contributed by atoms with van der Waals surface area (Å²) < 4.78 is 2.20. The van der Waals surface area contributed by atoms with Crippen LogP contribution in [-0.2, 0) is 13.1 Å². The van der Waals surface area contributed by atoms with Crippen LogP contribution in [0.5, 0.6) is 0 Å². The summed E-state index contributed by atoms with van der Waals surface area (Å²) in [6, 6.07) is 6.31. The van der Waals surface area contributed by atoms with Crippen molar-refractivity contribution in [1.29, 1.82) is 5.26 Å². The van der Waals surface area contributed by atoms with Crippen LogP contribution in [0.3, 0.4) is 0 Å². The van der Waals surface area contributed by atoms with Crippen LogP contribution in [0.2, 0.25) is 0 Å². The van der Waals surface area contributed by atoms with E-state index in [9.17, 15) is 0 Å². The highest BCUT2D eigenvalue weighted by Gasteiger charge is 2.25. The molecule has 1 aliphatic heterocycles. The van der Waals surface area contributed by atoms with E-state index in [0.29, 0.717) is 11.6 Å². The van der Waals surface area contributed by atoms with Crippen LogP contribution < -0.4 is 4.90 Å². The normalized spacial score (nSPS) is 18.8. The number of aromatic nitrogens is 3. The second-order valence-electron chi connectivity index (χ2n) is 5.91. The fraction of sp³-hybridized carbons (Fsp3) is 0.471. The molecule has 3 rings (SSSR count). The van der Waals surface area contributed by atoms with Crippen molar-refractivity contribution < 1.29 is 0 Å². The average Bonchev–Trinajstić information content (AvgIpc) is 3.04. The van der Waals surface area contributed by atoms with E-state index in [1.54, 1.807) is 6.20 Å². The molecule has 0 spiro atoms. The van der Waals surface area contributed by atoms with E-state index in [2.05, 4.69) is 44.3 Å². The van der Waals surface area contributed by atoms with Crippen molar-refractivity contribution >= 4 is 5.82 Å². The highest BCUT2D eigenvalue weighted by atomic mass is 15.3. The molecule has 120 valence electrons. The van der Waals surface area contributed by atoms with E-state index >= 15 is 0 Å². The van der Waals surface area contributed by atoms with Gasteiger partial charge >= 0.3 is 0 Å². The van der Waals surface area contributed by atoms with E-state index in [-0.39, 0.29) is 0 Å². The lowest BCUT2D eigenvalue weighted by atomic mass is 10.2. The van der Waals surface area contributed by atoms with Crippen LogP contribution in [0.1, 0.15) is 25.2 Å². The molecule has 2 aromatic rings. The van der Waals surface area contributed by atoms with E-state index in [1.165, 1.54) is 0 Å². The number of nitrogens with zero attached hydrogens (tertiary/aromatic N) is 6. The predicted octanol–water partition coefficient (Wildman–Crippen LogP) is 1.88. The quantitative estimate of drug-likeness (QED) is 0.863. The third kappa shape index (κ3) is 3.35. The van der Waals surface area contributed by atoms with Gasteiger partial charge < -0.3 is 9.47 Å². The lowest BCUT2D eigenvalue weighted by Gasteiger charge is -2.40. The number of piperazine rings is 1. The zero-order valence-electron chi connectivity index (χ0n) is 13.7. The Bertz CT molecular complexity index is 684. The molecule has 0 N–H and O–H groups in total. The van der Waals surface area contributed by atoms with Crippen molar-refractivity contribution in [2.75, 3.05) is 24.5 Å². The van der Waals surface area contributed by atoms with Crippen molar-refractivity contribution in [3.63, 3.8) is 0 Å². The fourth-order valence-corrected chi connectivity index (χ4v) is 3.04. The molecule has 0 amide bonds. The van der Waals surface area contributed by atoms with Gasteiger partial charge in [-0.1, -0.05) is 0 Å². The molecule has 1 fully saturated rings. The molecule has 3 heterocycles. The molecule has 6 nitrogen and oxygen atoms in total. The predicted molar refractivity (Wildman–Crippen MR) is 88.9 cm³/mol. The van der Waals surface area contributed by atoms with Gasteiger partial charge in [0.2, 0.25) is 0 Å². The molecular formula is C17H22N6. The summed E-state index contributed by atoms with van der Waals surface area (Å²) in [6.07, 6.45) is 5.56. The van der Waals surface area contributed by atoms with E-state index < -0.39 is 0 Å². The molecule has 0 aliphatic carbocycles. The maximum Gasteiger partial charge on any atom is 0.128 e. The monoisotopic (exact) mass is 310 g/mol.